The van der Waals surface area contributed by atoms with Crippen molar-refractivity contribution in [1.29, 1.82) is 0 Å². The predicted molar refractivity (Wildman–Crippen MR) is 62.9 cm³/mol. The zero-order valence-electron chi connectivity index (χ0n) is 7.81. The fraction of sp³-hybridized carbons (Fsp3) is 0.300. The molecule has 78 valence electrons. The lowest BCUT2D eigenvalue weighted by Crippen LogP contribution is -2.55. The van der Waals surface area contributed by atoms with Crippen LogP contribution in [-0.4, -0.2) is 16.7 Å². The Balaban J connectivity index is 2.02. The van der Waals surface area contributed by atoms with Crippen LogP contribution in [0.15, 0.2) is 29.2 Å². The van der Waals surface area contributed by atoms with Crippen LogP contribution in [-0.2, 0) is 4.79 Å². The number of benzene rings is 1. The number of thioether (sulfide) groups is 1. The quantitative estimate of drug-likeness (QED) is 0.594. The molecule has 1 saturated heterocycles. The summed E-state index contributed by atoms with van der Waals surface area (Å²) in [5.74, 6) is 0.0694. The van der Waals surface area contributed by atoms with Crippen LogP contribution in [0.4, 0.5) is 0 Å². The number of hydrogen-bond donors (Lipinski definition) is 3. The van der Waals surface area contributed by atoms with E-state index in [1.165, 1.54) is 10.5 Å². The number of carbonyl (C=O) groups is 1. The largest absolute Gasteiger partial charge is 0.331 e. The van der Waals surface area contributed by atoms with Crippen molar-refractivity contribution in [3.8, 4) is 0 Å². The third kappa shape index (κ3) is 1.46. The molecule has 1 amide bonds. The highest BCUT2D eigenvalue weighted by Crippen LogP contribution is 2.45. The molecule has 2 aliphatic rings. The molecule has 0 spiro atoms. The van der Waals surface area contributed by atoms with Crippen molar-refractivity contribution >= 4 is 30.3 Å². The van der Waals surface area contributed by atoms with Crippen LogP contribution in [0, 0.1) is 0 Å². The molecule has 2 N–H and O–H groups in total. The van der Waals surface area contributed by atoms with Crippen LogP contribution < -0.4 is 10.6 Å². The molecule has 0 bridgehead atoms. The summed E-state index contributed by atoms with van der Waals surface area (Å²) in [7, 11) is 0. The summed E-state index contributed by atoms with van der Waals surface area (Å²) in [6, 6.07) is 8.23. The van der Waals surface area contributed by atoms with Gasteiger partial charge in [0, 0.05) is 4.90 Å². The van der Waals surface area contributed by atoms with E-state index in [-0.39, 0.29) is 22.7 Å². The maximum Gasteiger partial charge on any atom is 0.237 e. The minimum Gasteiger partial charge on any atom is -0.331 e. The summed E-state index contributed by atoms with van der Waals surface area (Å²) in [5, 5.41) is 6.00. The Hall–Kier alpha value is -0.650. The van der Waals surface area contributed by atoms with Gasteiger partial charge in [-0.3, -0.25) is 10.1 Å². The number of fused-ring (bicyclic) bond motifs is 3. The minimum absolute atomic E-state index is 0.0502. The summed E-state index contributed by atoms with van der Waals surface area (Å²) in [4.78, 5) is 12.9. The molecule has 3 atom stereocenters. The fourth-order valence-corrected chi connectivity index (χ4v) is 3.61. The van der Waals surface area contributed by atoms with E-state index in [4.69, 9.17) is 0 Å². The summed E-state index contributed by atoms with van der Waals surface area (Å²) in [6.45, 7) is 0. The van der Waals surface area contributed by atoms with Crippen molar-refractivity contribution in [2.24, 2.45) is 0 Å². The van der Waals surface area contributed by atoms with Gasteiger partial charge in [-0.2, -0.15) is 0 Å². The maximum absolute atomic E-state index is 11.7. The summed E-state index contributed by atoms with van der Waals surface area (Å²) in [5.41, 5.74) is 0.965. The topological polar surface area (TPSA) is 41.1 Å². The lowest BCUT2D eigenvalue weighted by atomic mass is 10.0. The Kier molecular flexibility index (Phi) is 2.19. The highest BCUT2D eigenvalue weighted by Gasteiger charge is 2.42. The number of carbonyl (C=O) groups excluding carboxylic acids is 1. The molecule has 1 fully saturated rings. The molecule has 0 aliphatic carbocycles. The Morgan fingerprint density at radius 2 is 2.13 bits per heavy atom. The van der Waals surface area contributed by atoms with Crippen LogP contribution in [0.5, 0.6) is 0 Å². The highest BCUT2D eigenvalue weighted by atomic mass is 32.2. The second-order valence-corrected chi connectivity index (χ2v) is 5.33. The normalized spacial score (nSPS) is 33.1. The molecule has 2 aliphatic heterocycles. The number of amides is 1. The van der Waals surface area contributed by atoms with E-state index >= 15 is 0 Å². The van der Waals surface area contributed by atoms with Crippen LogP contribution in [0.2, 0.25) is 0 Å². The number of hydrogen-bond acceptors (Lipinski definition) is 4. The van der Waals surface area contributed by atoms with Crippen molar-refractivity contribution in [1.82, 2.24) is 10.6 Å². The van der Waals surface area contributed by atoms with E-state index < -0.39 is 0 Å². The molecule has 3 rings (SSSR count). The van der Waals surface area contributed by atoms with Gasteiger partial charge >= 0.3 is 0 Å². The molecule has 5 heteroatoms. The van der Waals surface area contributed by atoms with E-state index in [0.29, 0.717) is 0 Å². The smallest absolute Gasteiger partial charge is 0.237 e. The first kappa shape index (κ1) is 9.57. The van der Waals surface area contributed by atoms with Gasteiger partial charge in [-0.1, -0.05) is 18.2 Å². The molecule has 1 aromatic rings. The summed E-state index contributed by atoms with van der Waals surface area (Å²) >= 11 is 5.86. The van der Waals surface area contributed by atoms with E-state index in [1.807, 2.05) is 12.1 Å². The van der Waals surface area contributed by atoms with Gasteiger partial charge in [-0.25, -0.2) is 0 Å². The van der Waals surface area contributed by atoms with E-state index in [9.17, 15) is 4.79 Å². The van der Waals surface area contributed by atoms with Gasteiger partial charge in [0.1, 0.15) is 10.7 Å². The first-order chi connectivity index (χ1) is 7.25. The number of nitrogens with one attached hydrogen (secondary N) is 2. The van der Waals surface area contributed by atoms with Gasteiger partial charge in [0.15, 0.2) is 0 Å². The molecule has 3 nitrogen and oxygen atoms in total. The monoisotopic (exact) mass is 238 g/mol. The molecule has 0 radical (unpaired) electrons. The highest BCUT2D eigenvalue weighted by molar-refractivity contribution is 8.01. The molecule has 2 heterocycles. The first-order valence-corrected chi connectivity index (χ1v) is 6.15. The minimum atomic E-state index is -0.245. The third-order valence-corrected chi connectivity index (χ3v) is 4.33. The van der Waals surface area contributed by atoms with Gasteiger partial charge in [-0.15, -0.1) is 24.4 Å². The van der Waals surface area contributed by atoms with Crippen molar-refractivity contribution in [2.75, 3.05) is 0 Å². The Morgan fingerprint density at radius 3 is 3.00 bits per heavy atom. The van der Waals surface area contributed by atoms with Gasteiger partial charge in [0.05, 0.1) is 6.04 Å². The molecular formula is C10H10N2OS2. The lowest BCUT2D eigenvalue weighted by Gasteiger charge is -2.30. The van der Waals surface area contributed by atoms with Gasteiger partial charge in [-0.05, 0) is 11.6 Å². The zero-order chi connectivity index (χ0) is 10.4. The SMILES string of the molecule is O=C1NC(S)NC2c3ccccc3SC12. The number of thiol groups is 1. The molecule has 0 aromatic heterocycles. The van der Waals surface area contributed by atoms with Crippen LogP contribution in [0.25, 0.3) is 0 Å². The van der Waals surface area contributed by atoms with Gasteiger partial charge in [0.25, 0.3) is 0 Å². The van der Waals surface area contributed by atoms with Gasteiger partial charge in [0.2, 0.25) is 5.91 Å². The van der Waals surface area contributed by atoms with E-state index in [0.717, 1.165) is 0 Å². The Morgan fingerprint density at radius 1 is 1.33 bits per heavy atom. The summed E-state index contributed by atoms with van der Waals surface area (Å²) in [6.07, 6.45) is 0. The van der Waals surface area contributed by atoms with Crippen LogP contribution >= 0.6 is 24.4 Å². The van der Waals surface area contributed by atoms with Crippen LogP contribution in [0.1, 0.15) is 11.6 Å². The Labute approximate surface area is 97.4 Å². The second kappa shape index (κ2) is 3.43. The van der Waals surface area contributed by atoms with Crippen molar-refractivity contribution in [3.05, 3.63) is 29.8 Å². The first-order valence-electron chi connectivity index (χ1n) is 4.76. The van der Waals surface area contributed by atoms with Crippen molar-refractivity contribution < 1.29 is 4.79 Å². The van der Waals surface area contributed by atoms with Crippen molar-refractivity contribution in [2.45, 2.75) is 21.7 Å². The summed E-state index contributed by atoms with van der Waals surface area (Å²) < 4.78 is 0. The van der Waals surface area contributed by atoms with Crippen molar-refractivity contribution in [3.63, 3.8) is 0 Å². The maximum atomic E-state index is 11.7. The van der Waals surface area contributed by atoms with E-state index in [2.05, 4.69) is 35.4 Å². The molecular weight excluding hydrogens is 228 g/mol. The Bertz CT molecular complexity index is 424. The predicted octanol–water partition coefficient (Wildman–Crippen LogP) is 1.13. The van der Waals surface area contributed by atoms with Gasteiger partial charge < -0.3 is 5.32 Å². The molecule has 1 aromatic carbocycles. The van der Waals surface area contributed by atoms with E-state index in [1.54, 1.807) is 11.8 Å². The average Bonchev–Trinajstić information content (AvgIpc) is 2.57. The average molecular weight is 238 g/mol. The number of rotatable bonds is 0. The third-order valence-electron chi connectivity index (χ3n) is 2.69. The lowest BCUT2D eigenvalue weighted by molar-refractivity contribution is -0.122. The fourth-order valence-electron chi connectivity index (χ4n) is 2.02. The molecule has 0 saturated carbocycles. The van der Waals surface area contributed by atoms with Crippen LogP contribution in [0.3, 0.4) is 0 Å². The zero-order valence-corrected chi connectivity index (χ0v) is 9.52. The molecule has 3 unspecified atom stereocenters. The standard InChI is InChI=1S/C10H10N2OS2/c13-9-8-7(11-10(14)12-9)5-3-1-2-4-6(5)15-8/h1-4,7-8,10-11,14H,(H,12,13). The second-order valence-electron chi connectivity index (χ2n) is 3.63. The molecule has 15 heavy (non-hydrogen) atoms.